The predicted molar refractivity (Wildman–Crippen MR) is 119 cm³/mol. The minimum Gasteiger partial charge on any atom is -0.489 e. The normalized spacial score (nSPS) is 9.85. The first-order chi connectivity index (χ1) is 12.2. The third-order valence-electron chi connectivity index (χ3n) is 3.90. The van der Waals surface area contributed by atoms with Crippen LogP contribution in [0.25, 0.3) is 0 Å². The Morgan fingerprint density at radius 2 is 1.74 bits per heavy atom. The fourth-order valence-corrected chi connectivity index (χ4v) is 2.93. The van der Waals surface area contributed by atoms with E-state index in [1.165, 1.54) is 16.7 Å². The highest BCUT2D eigenvalue weighted by molar-refractivity contribution is 9.10. The molecule has 0 aliphatic heterocycles. The van der Waals surface area contributed by atoms with Gasteiger partial charge >= 0.3 is 0 Å². The Morgan fingerprint density at radius 3 is 2.44 bits per heavy atom. The number of hydrogen-bond acceptors (Lipinski definition) is 3. The zero-order valence-electron chi connectivity index (χ0n) is 15.0. The molecule has 0 aliphatic rings. The standard InChI is InChI=1S/C21H21BrN2O.2ClH/c1-16-4-6-17(7-5-16)15-25-21-9-8-20(22)11-19(21)14-24-13-18-3-2-10-23-12-18;;/h2-12,24H,13-15H2,1H3;2*1H. The largest absolute Gasteiger partial charge is 0.489 e. The fraction of sp³-hybridized carbons (Fsp3) is 0.190. The Balaban J connectivity index is 0.00000182. The molecule has 1 N–H and O–H groups in total. The monoisotopic (exact) mass is 468 g/mol. The molecule has 0 saturated carbocycles. The molecule has 0 unspecified atom stereocenters. The molecule has 0 bridgehead atoms. The minimum absolute atomic E-state index is 0. The van der Waals surface area contributed by atoms with Crippen LogP contribution in [0.5, 0.6) is 5.75 Å². The number of aromatic nitrogens is 1. The second-order valence-corrected chi connectivity index (χ2v) is 6.91. The maximum absolute atomic E-state index is 6.05. The van der Waals surface area contributed by atoms with Crippen molar-refractivity contribution in [3.8, 4) is 5.75 Å². The summed E-state index contributed by atoms with van der Waals surface area (Å²) in [6, 6.07) is 18.6. The number of ether oxygens (including phenoxy) is 1. The third kappa shape index (κ3) is 7.51. The van der Waals surface area contributed by atoms with Gasteiger partial charge in [-0.15, -0.1) is 24.8 Å². The number of hydrogen-bond donors (Lipinski definition) is 1. The van der Waals surface area contributed by atoms with Gasteiger partial charge in [0, 0.05) is 35.5 Å². The lowest BCUT2D eigenvalue weighted by Gasteiger charge is -2.13. The molecule has 1 heterocycles. The maximum atomic E-state index is 6.05. The number of rotatable bonds is 7. The number of benzene rings is 2. The van der Waals surface area contributed by atoms with Gasteiger partial charge in [-0.05, 0) is 42.3 Å². The summed E-state index contributed by atoms with van der Waals surface area (Å²) in [5.74, 6) is 0.905. The van der Waals surface area contributed by atoms with Crippen molar-refractivity contribution in [1.29, 1.82) is 0 Å². The van der Waals surface area contributed by atoms with Gasteiger partial charge in [0.1, 0.15) is 12.4 Å². The molecule has 144 valence electrons. The Hall–Kier alpha value is -1.59. The van der Waals surface area contributed by atoms with Crippen molar-refractivity contribution in [3.05, 3.63) is 93.7 Å². The van der Waals surface area contributed by atoms with Crippen LogP contribution in [0, 0.1) is 6.92 Å². The predicted octanol–water partition coefficient (Wildman–Crippen LogP) is 5.86. The molecule has 0 amide bonds. The lowest BCUT2D eigenvalue weighted by atomic mass is 10.1. The number of nitrogens with one attached hydrogen (secondary N) is 1. The number of aryl methyl sites for hydroxylation is 1. The molecule has 3 rings (SSSR count). The van der Waals surface area contributed by atoms with E-state index < -0.39 is 0 Å². The molecule has 0 saturated heterocycles. The van der Waals surface area contributed by atoms with Crippen molar-refractivity contribution in [2.24, 2.45) is 0 Å². The van der Waals surface area contributed by atoms with Gasteiger partial charge in [-0.3, -0.25) is 4.98 Å². The summed E-state index contributed by atoms with van der Waals surface area (Å²) in [4.78, 5) is 4.14. The van der Waals surface area contributed by atoms with Gasteiger partial charge in [-0.1, -0.05) is 51.8 Å². The zero-order valence-corrected chi connectivity index (χ0v) is 18.2. The molecule has 3 aromatic rings. The van der Waals surface area contributed by atoms with E-state index in [0.29, 0.717) is 6.61 Å². The average molecular weight is 470 g/mol. The summed E-state index contributed by atoms with van der Waals surface area (Å²) in [6.45, 7) is 4.16. The van der Waals surface area contributed by atoms with Crippen molar-refractivity contribution >= 4 is 40.7 Å². The van der Waals surface area contributed by atoms with E-state index in [-0.39, 0.29) is 24.8 Å². The number of pyridine rings is 1. The lowest BCUT2D eigenvalue weighted by molar-refractivity contribution is 0.302. The molecule has 3 nitrogen and oxygen atoms in total. The van der Waals surface area contributed by atoms with Crippen molar-refractivity contribution in [2.45, 2.75) is 26.6 Å². The highest BCUT2D eigenvalue weighted by Gasteiger charge is 2.06. The molecule has 27 heavy (non-hydrogen) atoms. The van der Waals surface area contributed by atoms with Crippen LogP contribution in [0.4, 0.5) is 0 Å². The lowest BCUT2D eigenvalue weighted by Crippen LogP contribution is -2.13. The van der Waals surface area contributed by atoms with Crippen molar-refractivity contribution in [3.63, 3.8) is 0 Å². The molecular weight excluding hydrogens is 447 g/mol. The van der Waals surface area contributed by atoms with Crippen molar-refractivity contribution in [1.82, 2.24) is 10.3 Å². The second-order valence-electron chi connectivity index (χ2n) is 5.99. The second kappa shape index (κ2) is 12.0. The van der Waals surface area contributed by atoms with Crippen LogP contribution in [-0.4, -0.2) is 4.98 Å². The summed E-state index contributed by atoms with van der Waals surface area (Å²) in [5, 5.41) is 3.45. The van der Waals surface area contributed by atoms with E-state index in [1.54, 1.807) is 6.20 Å². The van der Waals surface area contributed by atoms with Crippen LogP contribution in [0.15, 0.2) is 71.5 Å². The summed E-state index contributed by atoms with van der Waals surface area (Å²) in [6.07, 6.45) is 3.66. The van der Waals surface area contributed by atoms with Crippen LogP contribution in [-0.2, 0) is 19.7 Å². The van der Waals surface area contributed by atoms with Crippen LogP contribution in [0.3, 0.4) is 0 Å². The molecule has 0 spiro atoms. The third-order valence-corrected chi connectivity index (χ3v) is 4.40. The van der Waals surface area contributed by atoms with Crippen LogP contribution < -0.4 is 10.1 Å². The topological polar surface area (TPSA) is 34.1 Å². The van der Waals surface area contributed by atoms with Crippen molar-refractivity contribution in [2.75, 3.05) is 0 Å². The van der Waals surface area contributed by atoms with E-state index >= 15 is 0 Å². The molecule has 0 atom stereocenters. The minimum atomic E-state index is 0. The van der Waals surface area contributed by atoms with E-state index in [1.807, 2.05) is 24.4 Å². The summed E-state index contributed by atoms with van der Waals surface area (Å²) >= 11 is 3.54. The first-order valence-electron chi connectivity index (χ1n) is 8.27. The fourth-order valence-electron chi connectivity index (χ4n) is 2.52. The Labute approximate surface area is 181 Å². The molecule has 2 aromatic carbocycles. The van der Waals surface area contributed by atoms with Gasteiger partial charge in [0.25, 0.3) is 0 Å². The van der Waals surface area contributed by atoms with E-state index in [4.69, 9.17) is 4.74 Å². The molecule has 0 fully saturated rings. The van der Waals surface area contributed by atoms with Crippen molar-refractivity contribution < 1.29 is 4.74 Å². The summed E-state index contributed by atoms with van der Waals surface area (Å²) in [7, 11) is 0. The Bertz CT molecular complexity index is 814. The van der Waals surface area contributed by atoms with Gasteiger partial charge in [0.2, 0.25) is 0 Å². The van der Waals surface area contributed by atoms with Crippen LogP contribution in [0.2, 0.25) is 0 Å². The molecule has 1 aromatic heterocycles. The maximum Gasteiger partial charge on any atom is 0.124 e. The highest BCUT2D eigenvalue weighted by Crippen LogP contribution is 2.24. The number of halogens is 3. The van der Waals surface area contributed by atoms with Crippen LogP contribution in [0.1, 0.15) is 22.3 Å². The Kier molecular flexibility index (Phi) is 10.4. The SMILES string of the molecule is Cc1ccc(COc2ccc(Br)cc2CNCc2cccnc2)cc1.Cl.Cl. The number of nitrogens with zero attached hydrogens (tertiary/aromatic N) is 1. The Morgan fingerprint density at radius 1 is 0.963 bits per heavy atom. The van der Waals surface area contributed by atoms with Gasteiger partial charge in [-0.2, -0.15) is 0 Å². The first-order valence-corrected chi connectivity index (χ1v) is 9.06. The van der Waals surface area contributed by atoms with Gasteiger partial charge in [0.05, 0.1) is 0 Å². The summed E-state index contributed by atoms with van der Waals surface area (Å²) in [5.41, 5.74) is 4.72. The molecule has 0 aliphatic carbocycles. The smallest absolute Gasteiger partial charge is 0.124 e. The zero-order chi connectivity index (χ0) is 17.5. The van der Waals surface area contributed by atoms with E-state index in [9.17, 15) is 0 Å². The molecule has 0 radical (unpaired) electrons. The molecular formula is C21H23BrCl2N2O. The first kappa shape index (κ1) is 23.4. The van der Waals surface area contributed by atoms with E-state index in [0.717, 1.165) is 28.9 Å². The molecule has 6 heteroatoms. The quantitative estimate of drug-likeness (QED) is 0.470. The van der Waals surface area contributed by atoms with E-state index in [2.05, 4.69) is 69.6 Å². The van der Waals surface area contributed by atoms with Crippen LogP contribution >= 0.6 is 40.7 Å². The van der Waals surface area contributed by atoms with Gasteiger partial charge < -0.3 is 10.1 Å². The summed E-state index contributed by atoms with van der Waals surface area (Å²) < 4.78 is 7.10. The van der Waals surface area contributed by atoms with Gasteiger partial charge in [-0.25, -0.2) is 0 Å². The highest BCUT2D eigenvalue weighted by atomic mass is 79.9. The average Bonchev–Trinajstić information content (AvgIpc) is 2.63. The van der Waals surface area contributed by atoms with Gasteiger partial charge in [0.15, 0.2) is 0 Å².